The minimum atomic E-state index is -3.74. The zero-order valence-corrected chi connectivity index (χ0v) is 15.3. The van der Waals surface area contributed by atoms with Gasteiger partial charge in [0.05, 0.1) is 15.7 Å². The summed E-state index contributed by atoms with van der Waals surface area (Å²) < 4.78 is 25.9. The molecule has 1 amide bonds. The zero-order chi connectivity index (χ0) is 18.7. The molecule has 0 saturated heterocycles. The van der Waals surface area contributed by atoms with Crippen LogP contribution in [0.3, 0.4) is 0 Å². The summed E-state index contributed by atoms with van der Waals surface area (Å²) in [6.07, 6.45) is 1.70. The lowest BCUT2D eigenvalue weighted by Gasteiger charge is -2.17. The van der Waals surface area contributed by atoms with Gasteiger partial charge in [-0.3, -0.25) is 10.0 Å². The van der Waals surface area contributed by atoms with Crippen LogP contribution in [0.15, 0.2) is 64.4 Å². The molecule has 0 fully saturated rings. The molecule has 0 saturated carbocycles. The molecule has 1 aliphatic rings. The van der Waals surface area contributed by atoms with Gasteiger partial charge in [0.2, 0.25) is 9.84 Å². The summed E-state index contributed by atoms with van der Waals surface area (Å²) in [6, 6.07) is 16.5. The molecule has 1 aliphatic heterocycles. The molecular formula is C20H21NO4S. The van der Waals surface area contributed by atoms with E-state index >= 15 is 0 Å². The van der Waals surface area contributed by atoms with Gasteiger partial charge in [0, 0.05) is 0 Å². The summed E-state index contributed by atoms with van der Waals surface area (Å²) in [5.74, 6) is -1.61. The van der Waals surface area contributed by atoms with Crippen molar-refractivity contribution in [2.75, 3.05) is 0 Å². The molecule has 0 bridgehead atoms. The van der Waals surface area contributed by atoms with Gasteiger partial charge >= 0.3 is 0 Å². The number of fused-ring (bicyclic) bond motifs is 1. The van der Waals surface area contributed by atoms with Crippen LogP contribution < -0.4 is 5.48 Å². The molecule has 5 nitrogen and oxygen atoms in total. The smallest absolute Gasteiger partial charge is 0.251 e. The van der Waals surface area contributed by atoms with E-state index in [9.17, 15) is 13.2 Å². The average molecular weight is 371 g/mol. The number of hydrogen-bond donors (Lipinski definition) is 2. The Bertz CT molecular complexity index is 949. The molecule has 2 aromatic rings. The Labute approximate surface area is 153 Å². The van der Waals surface area contributed by atoms with Gasteiger partial charge in [-0.05, 0) is 49.0 Å². The third kappa shape index (κ3) is 3.30. The standard InChI is InChI=1S/C20H21NO4S/c1-14-16-11-5-6-13-18(16)26(24,25)19(14)17(20(22)21-23)12-7-10-15-8-3-2-4-9-15/h2-6,8-9,11,13,17,23H,7,10,12H2,1H3,(H,21,22). The van der Waals surface area contributed by atoms with Crippen LogP contribution in [0.4, 0.5) is 0 Å². The van der Waals surface area contributed by atoms with Gasteiger partial charge in [0.15, 0.2) is 0 Å². The number of hydrogen-bond acceptors (Lipinski definition) is 4. The van der Waals surface area contributed by atoms with Crippen molar-refractivity contribution in [1.29, 1.82) is 0 Å². The number of amides is 1. The van der Waals surface area contributed by atoms with Gasteiger partial charge in [-0.15, -0.1) is 0 Å². The Kier molecular flexibility index (Phi) is 5.25. The van der Waals surface area contributed by atoms with Crippen molar-refractivity contribution in [3.05, 3.63) is 70.6 Å². The molecule has 6 heteroatoms. The van der Waals surface area contributed by atoms with Crippen molar-refractivity contribution in [3.8, 4) is 0 Å². The first-order valence-corrected chi connectivity index (χ1v) is 9.98. The fourth-order valence-electron chi connectivity index (χ4n) is 3.53. The van der Waals surface area contributed by atoms with E-state index in [1.807, 2.05) is 30.3 Å². The highest BCUT2D eigenvalue weighted by atomic mass is 32.2. The van der Waals surface area contributed by atoms with Crippen LogP contribution in [-0.2, 0) is 21.1 Å². The molecule has 3 rings (SSSR count). The number of aryl methyl sites for hydroxylation is 1. The second kappa shape index (κ2) is 7.43. The molecule has 1 unspecified atom stereocenters. The summed E-state index contributed by atoms with van der Waals surface area (Å²) in [6.45, 7) is 1.72. The van der Waals surface area contributed by atoms with E-state index in [0.717, 1.165) is 12.0 Å². The van der Waals surface area contributed by atoms with Crippen LogP contribution in [0, 0.1) is 5.92 Å². The summed E-state index contributed by atoms with van der Waals surface area (Å²) in [4.78, 5) is 12.6. The van der Waals surface area contributed by atoms with Crippen molar-refractivity contribution in [2.45, 2.75) is 31.1 Å². The van der Waals surface area contributed by atoms with Crippen LogP contribution in [-0.4, -0.2) is 19.5 Å². The maximum atomic E-state index is 13.0. The molecule has 136 valence electrons. The van der Waals surface area contributed by atoms with E-state index in [1.165, 1.54) is 0 Å². The van der Waals surface area contributed by atoms with Crippen LogP contribution in [0.5, 0.6) is 0 Å². The summed E-state index contributed by atoms with van der Waals surface area (Å²) in [5, 5.41) is 9.14. The molecule has 2 N–H and O–H groups in total. The second-order valence-electron chi connectivity index (χ2n) is 6.40. The van der Waals surface area contributed by atoms with Gasteiger partial charge in [-0.25, -0.2) is 13.9 Å². The highest BCUT2D eigenvalue weighted by molar-refractivity contribution is 7.96. The highest BCUT2D eigenvalue weighted by Gasteiger charge is 2.40. The molecule has 2 aromatic carbocycles. The zero-order valence-electron chi connectivity index (χ0n) is 14.5. The number of sulfone groups is 1. The second-order valence-corrected chi connectivity index (χ2v) is 8.28. The Morgan fingerprint density at radius 2 is 1.73 bits per heavy atom. The lowest BCUT2D eigenvalue weighted by atomic mass is 9.94. The predicted molar refractivity (Wildman–Crippen MR) is 99.0 cm³/mol. The summed E-state index contributed by atoms with van der Waals surface area (Å²) in [5.41, 5.74) is 3.97. The molecule has 1 atom stereocenters. The molecule has 1 heterocycles. The first-order valence-electron chi connectivity index (χ1n) is 8.50. The average Bonchev–Trinajstić information content (AvgIpc) is 2.86. The number of carbonyl (C=O) groups excluding carboxylic acids is 1. The molecular weight excluding hydrogens is 350 g/mol. The van der Waals surface area contributed by atoms with E-state index in [1.54, 1.807) is 36.7 Å². The normalized spacial score (nSPS) is 16.2. The van der Waals surface area contributed by atoms with E-state index in [0.29, 0.717) is 24.0 Å². The van der Waals surface area contributed by atoms with Gasteiger partial charge in [0.1, 0.15) is 0 Å². The van der Waals surface area contributed by atoms with E-state index < -0.39 is 21.7 Å². The monoisotopic (exact) mass is 371 g/mol. The first kappa shape index (κ1) is 18.4. The third-order valence-corrected chi connectivity index (χ3v) is 6.89. The number of benzene rings is 2. The molecule has 26 heavy (non-hydrogen) atoms. The quantitative estimate of drug-likeness (QED) is 0.602. The number of allylic oxidation sites excluding steroid dienone is 1. The number of nitrogens with one attached hydrogen (secondary N) is 1. The number of carbonyl (C=O) groups is 1. The summed E-state index contributed by atoms with van der Waals surface area (Å²) in [7, 11) is -3.74. The Morgan fingerprint density at radius 1 is 1.08 bits per heavy atom. The Balaban J connectivity index is 1.89. The van der Waals surface area contributed by atoms with Crippen LogP contribution in [0.2, 0.25) is 0 Å². The molecule has 0 spiro atoms. The van der Waals surface area contributed by atoms with Crippen molar-refractivity contribution in [2.24, 2.45) is 5.92 Å². The molecule has 0 aliphatic carbocycles. The highest BCUT2D eigenvalue weighted by Crippen LogP contribution is 2.43. The fourth-order valence-corrected chi connectivity index (χ4v) is 5.64. The van der Waals surface area contributed by atoms with Crippen LogP contribution >= 0.6 is 0 Å². The number of hydroxylamine groups is 1. The van der Waals surface area contributed by atoms with Crippen molar-refractivity contribution in [1.82, 2.24) is 5.48 Å². The SMILES string of the molecule is CC1=C(C(CCCc2ccccc2)C(=O)NO)S(=O)(=O)c2ccccc21. The van der Waals surface area contributed by atoms with Gasteiger partial charge < -0.3 is 0 Å². The Morgan fingerprint density at radius 3 is 2.38 bits per heavy atom. The lowest BCUT2D eigenvalue weighted by molar-refractivity contribution is -0.132. The van der Waals surface area contributed by atoms with Crippen molar-refractivity contribution < 1.29 is 18.4 Å². The van der Waals surface area contributed by atoms with E-state index in [-0.39, 0.29) is 9.80 Å². The fraction of sp³-hybridized carbons (Fsp3) is 0.250. The van der Waals surface area contributed by atoms with Crippen LogP contribution in [0.1, 0.15) is 30.9 Å². The molecule has 0 aromatic heterocycles. The topological polar surface area (TPSA) is 83.5 Å². The lowest BCUT2D eigenvalue weighted by Crippen LogP contribution is -2.31. The molecule has 0 radical (unpaired) electrons. The maximum Gasteiger partial charge on any atom is 0.251 e. The van der Waals surface area contributed by atoms with Crippen molar-refractivity contribution in [3.63, 3.8) is 0 Å². The number of rotatable bonds is 6. The third-order valence-electron chi connectivity index (χ3n) is 4.78. The van der Waals surface area contributed by atoms with E-state index in [4.69, 9.17) is 5.21 Å². The Hall–Kier alpha value is -2.44. The predicted octanol–water partition coefficient (Wildman–Crippen LogP) is 3.35. The van der Waals surface area contributed by atoms with Crippen LogP contribution in [0.25, 0.3) is 5.57 Å². The van der Waals surface area contributed by atoms with Gasteiger partial charge in [-0.1, -0.05) is 48.5 Å². The van der Waals surface area contributed by atoms with Crippen molar-refractivity contribution >= 4 is 21.3 Å². The van der Waals surface area contributed by atoms with Gasteiger partial charge in [0.25, 0.3) is 5.91 Å². The minimum Gasteiger partial charge on any atom is -0.289 e. The van der Waals surface area contributed by atoms with E-state index in [2.05, 4.69) is 0 Å². The first-order chi connectivity index (χ1) is 12.5. The largest absolute Gasteiger partial charge is 0.289 e. The summed E-state index contributed by atoms with van der Waals surface area (Å²) >= 11 is 0. The maximum absolute atomic E-state index is 13.0. The minimum absolute atomic E-state index is 0.0957. The van der Waals surface area contributed by atoms with Gasteiger partial charge in [-0.2, -0.15) is 0 Å².